The largest absolute Gasteiger partial charge is 0.456 e. The highest BCUT2D eigenvalue weighted by Gasteiger charge is 2.82. The van der Waals surface area contributed by atoms with Crippen LogP contribution in [0.2, 0.25) is 0 Å². The Balaban J connectivity index is 1.39. The molecule has 0 bridgehead atoms. The van der Waals surface area contributed by atoms with Crippen LogP contribution in [0.15, 0.2) is 0 Å². The van der Waals surface area contributed by atoms with E-state index in [2.05, 4.69) is 32.6 Å². The first-order valence-corrected chi connectivity index (χ1v) is 12.7. The number of aliphatic hydroxyl groups is 2. The molecule has 0 aliphatic heterocycles. The molecule has 0 aromatic heterocycles. The molecular weight excluding hydrogens is 404 g/mol. The molecule has 6 aliphatic rings. The molecule has 0 heterocycles. The van der Waals surface area contributed by atoms with Crippen molar-refractivity contribution in [3.05, 3.63) is 0 Å². The van der Waals surface area contributed by atoms with E-state index in [0.29, 0.717) is 48.3 Å². The molecule has 6 fully saturated rings. The summed E-state index contributed by atoms with van der Waals surface area (Å²) in [6.45, 7) is 8.76. The molecule has 5 nitrogen and oxygen atoms in total. The van der Waals surface area contributed by atoms with Gasteiger partial charge in [-0.1, -0.05) is 26.7 Å². The van der Waals surface area contributed by atoms with Crippen LogP contribution in [0.1, 0.15) is 66.2 Å². The van der Waals surface area contributed by atoms with Gasteiger partial charge in [0.1, 0.15) is 11.4 Å². The first kappa shape index (κ1) is 21.2. The van der Waals surface area contributed by atoms with Crippen molar-refractivity contribution in [3.8, 4) is 11.8 Å². The molecular formula is C27H36O5. The van der Waals surface area contributed by atoms with Gasteiger partial charge in [-0.25, -0.2) is 4.79 Å². The maximum absolute atomic E-state index is 12.4. The minimum Gasteiger partial charge on any atom is -0.456 e. The average Bonchev–Trinajstić information content (AvgIpc) is 3.63. The molecule has 0 aromatic rings. The average molecular weight is 441 g/mol. The Morgan fingerprint density at radius 3 is 2.59 bits per heavy atom. The molecule has 0 saturated heterocycles. The Morgan fingerprint density at radius 2 is 1.88 bits per heavy atom. The van der Waals surface area contributed by atoms with Crippen molar-refractivity contribution in [1.29, 1.82) is 0 Å². The van der Waals surface area contributed by atoms with Gasteiger partial charge in [-0.2, -0.15) is 0 Å². The van der Waals surface area contributed by atoms with Crippen LogP contribution in [-0.2, 0) is 14.3 Å². The lowest BCUT2D eigenvalue weighted by atomic mass is 9.42. The van der Waals surface area contributed by atoms with Crippen LogP contribution in [0.5, 0.6) is 0 Å². The maximum Gasteiger partial charge on any atom is 0.384 e. The highest BCUT2D eigenvalue weighted by Crippen LogP contribution is 2.82. The van der Waals surface area contributed by atoms with E-state index in [-0.39, 0.29) is 35.1 Å². The van der Waals surface area contributed by atoms with E-state index >= 15 is 0 Å². The number of carbonyl (C=O) groups excluding carboxylic acids is 2. The number of ether oxygens (including phenoxy) is 1. The molecule has 0 radical (unpaired) electrons. The second kappa shape index (κ2) is 6.19. The first-order valence-electron chi connectivity index (χ1n) is 12.7. The van der Waals surface area contributed by atoms with Gasteiger partial charge in [0.25, 0.3) is 0 Å². The molecule has 12 atom stereocenters. The topological polar surface area (TPSA) is 83.8 Å². The van der Waals surface area contributed by atoms with E-state index in [1.54, 1.807) is 6.92 Å². The SMILES string of the molecule is CCOC(=O)C#CC1(O)C2CC2C2C3C4C([C@@H]4C)C4(O)CC(=O)CCC4(C)C3CCC21C. The van der Waals surface area contributed by atoms with Gasteiger partial charge in [0.15, 0.2) is 0 Å². The van der Waals surface area contributed by atoms with E-state index < -0.39 is 17.2 Å². The highest BCUT2D eigenvalue weighted by atomic mass is 16.5. The lowest BCUT2D eigenvalue weighted by Crippen LogP contribution is -2.65. The van der Waals surface area contributed by atoms with Crippen LogP contribution < -0.4 is 0 Å². The third kappa shape index (κ3) is 2.24. The van der Waals surface area contributed by atoms with E-state index in [9.17, 15) is 19.8 Å². The number of hydrogen-bond donors (Lipinski definition) is 2. The van der Waals surface area contributed by atoms with E-state index in [1.165, 1.54) is 0 Å². The van der Waals surface area contributed by atoms with Gasteiger partial charge in [0.05, 0.1) is 12.2 Å². The van der Waals surface area contributed by atoms with Crippen molar-refractivity contribution >= 4 is 11.8 Å². The number of carbonyl (C=O) groups is 2. The van der Waals surface area contributed by atoms with Gasteiger partial charge < -0.3 is 14.9 Å². The van der Waals surface area contributed by atoms with E-state index in [1.807, 2.05) is 0 Å². The fraction of sp³-hybridized carbons (Fsp3) is 0.852. The Bertz CT molecular complexity index is 963. The fourth-order valence-electron chi connectivity index (χ4n) is 10.1. The molecule has 6 rings (SSSR count). The zero-order chi connectivity index (χ0) is 22.8. The molecule has 32 heavy (non-hydrogen) atoms. The van der Waals surface area contributed by atoms with Crippen molar-refractivity contribution in [2.24, 2.45) is 58.2 Å². The maximum atomic E-state index is 12.4. The second-order valence-electron chi connectivity index (χ2n) is 12.4. The summed E-state index contributed by atoms with van der Waals surface area (Å²) in [5, 5.41) is 23.9. The molecule has 0 spiro atoms. The summed E-state index contributed by atoms with van der Waals surface area (Å²) in [5.74, 6) is 8.11. The Morgan fingerprint density at radius 1 is 1.12 bits per heavy atom. The van der Waals surface area contributed by atoms with Gasteiger partial charge in [0.2, 0.25) is 0 Å². The summed E-state index contributed by atoms with van der Waals surface area (Å²) >= 11 is 0. The first-order chi connectivity index (χ1) is 15.0. The summed E-state index contributed by atoms with van der Waals surface area (Å²) in [7, 11) is 0. The molecule has 0 amide bonds. The monoisotopic (exact) mass is 440 g/mol. The Kier molecular flexibility index (Phi) is 4.09. The molecule has 2 N–H and O–H groups in total. The summed E-state index contributed by atoms with van der Waals surface area (Å²) in [4.78, 5) is 24.4. The van der Waals surface area contributed by atoms with Gasteiger partial charge in [-0.15, -0.1) is 0 Å². The van der Waals surface area contributed by atoms with Crippen molar-refractivity contribution in [2.45, 2.75) is 77.4 Å². The summed E-state index contributed by atoms with van der Waals surface area (Å²) in [6.07, 6.45) is 4.46. The summed E-state index contributed by atoms with van der Waals surface area (Å²) in [6, 6.07) is 0. The summed E-state index contributed by atoms with van der Waals surface area (Å²) < 4.78 is 5.00. The molecule has 6 saturated carbocycles. The van der Waals surface area contributed by atoms with Gasteiger partial charge >= 0.3 is 5.97 Å². The zero-order valence-electron chi connectivity index (χ0n) is 19.7. The molecule has 5 heteroatoms. The minimum absolute atomic E-state index is 0.132. The fourth-order valence-corrected chi connectivity index (χ4v) is 10.1. The highest BCUT2D eigenvalue weighted by molar-refractivity contribution is 5.88. The van der Waals surface area contributed by atoms with Crippen LogP contribution in [0, 0.1) is 70.0 Å². The van der Waals surface area contributed by atoms with Gasteiger partial charge in [-0.05, 0) is 74.0 Å². The van der Waals surface area contributed by atoms with Crippen molar-refractivity contribution < 1.29 is 24.5 Å². The number of esters is 1. The number of hydrogen-bond acceptors (Lipinski definition) is 5. The normalized spacial score (nSPS) is 58.8. The van der Waals surface area contributed by atoms with Crippen LogP contribution in [0.25, 0.3) is 0 Å². The van der Waals surface area contributed by atoms with Crippen molar-refractivity contribution in [1.82, 2.24) is 0 Å². The van der Waals surface area contributed by atoms with E-state index in [4.69, 9.17) is 4.74 Å². The quantitative estimate of drug-likeness (QED) is 0.372. The van der Waals surface area contributed by atoms with Gasteiger partial charge in [-0.3, -0.25) is 4.79 Å². The van der Waals surface area contributed by atoms with E-state index in [0.717, 1.165) is 25.7 Å². The Labute approximate surface area is 190 Å². The molecule has 0 aromatic carbocycles. The lowest BCUT2D eigenvalue weighted by Gasteiger charge is -2.63. The number of Topliss-reactive ketones (excluding diaryl/α,β-unsaturated/α-hetero) is 1. The zero-order valence-corrected chi connectivity index (χ0v) is 19.7. The molecule has 11 unspecified atom stereocenters. The predicted molar refractivity (Wildman–Crippen MR) is 117 cm³/mol. The second-order valence-corrected chi connectivity index (χ2v) is 12.4. The Hall–Kier alpha value is -1.38. The molecule has 174 valence electrons. The molecule has 6 aliphatic carbocycles. The van der Waals surface area contributed by atoms with Crippen LogP contribution in [0.4, 0.5) is 0 Å². The third-order valence-electron chi connectivity index (χ3n) is 11.6. The number of rotatable bonds is 1. The lowest BCUT2D eigenvalue weighted by molar-refractivity contribution is -0.218. The predicted octanol–water partition coefficient (Wildman–Crippen LogP) is 2.97. The van der Waals surface area contributed by atoms with Crippen molar-refractivity contribution in [3.63, 3.8) is 0 Å². The third-order valence-corrected chi connectivity index (χ3v) is 11.6. The standard InChI is InChI=1S/C27H36O5/c1-5-32-19(29)8-11-26(30)18-12-16(18)23-21-17(7-10-25(23,26)4)24(3)9-6-15(28)13-27(24,31)22-14(2)20(21)22/h14,16-18,20-23,30-31H,5-7,9-10,12-13H2,1-4H3/t14-,16?,17?,18?,20?,21?,22?,23?,24?,25?,26?,27?/m1/s1. The number of ketones is 1. The number of fused-ring (bicyclic) bond motifs is 10. The van der Waals surface area contributed by atoms with Crippen LogP contribution >= 0.6 is 0 Å². The van der Waals surface area contributed by atoms with Crippen LogP contribution in [-0.4, -0.2) is 39.8 Å². The minimum atomic E-state index is -1.15. The van der Waals surface area contributed by atoms with Crippen molar-refractivity contribution in [2.75, 3.05) is 6.61 Å². The van der Waals surface area contributed by atoms with Crippen LogP contribution in [0.3, 0.4) is 0 Å². The smallest absolute Gasteiger partial charge is 0.384 e. The summed E-state index contributed by atoms with van der Waals surface area (Å²) in [5.41, 5.74) is -2.60. The van der Waals surface area contributed by atoms with Gasteiger partial charge in [0, 0.05) is 35.5 Å².